The van der Waals surface area contributed by atoms with E-state index in [1.807, 2.05) is 18.2 Å². The van der Waals surface area contributed by atoms with Gasteiger partial charge in [-0.15, -0.1) is 0 Å². The van der Waals surface area contributed by atoms with Crippen LogP contribution in [-0.2, 0) is 4.79 Å². The van der Waals surface area contributed by atoms with Crippen LogP contribution >= 0.6 is 0 Å². The van der Waals surface area contributed by atoms with Crippen LogP contribution in [0.3, 0.4) is 0 Å². The van der Waals surface area contributed by atoms with Crippen LogP contribution in [0.25, 0.3) is 5.57 Å². The zero-order valence-electron chi connectivity index (χ0n) is 12.5. The highest BCUT2D eigenvalue weighted by atomic mass is 16.5. The zero-order chi connectivity index (χ0) is 14.5. The van der Waals surface area contributed by atoms with Gasteiger partial charge in [0.15, 0.2) is 17.3 Å². The van der Waals surface area contributed by atoms with Gasteiger partial charge in [-0.05, 0) is 37.0 Å². The van der Waals surface area contributed by atoms with Gasteiger partial charge in [0.25, 0.3) is 0 Å². The van der Waals surface area contributed by atoms with E-state index in [1.54, 1.807) is 14.2 Å². The van der Waals surface area contributed by atoms with Gasteiger partial charge in [0.1, 0.15) is 0 Å². The summed E-state index contributed by atoms with van der Waals surface area (Å²) in [5.74, 6) is 1.62. The van der Waals surface area contributed by atoms with E-state index < -0.39 is 0 Å². The van der Waals surface area contributed by atoms with Crippen molar-refractivity contribution in [2.75, 3.05) is 14.2 Å². The Hall–Kier alpha value is -1.77. The second-order valence-electron chi connectivity index (χ2n) is 5.08. The van der Waals surface area contributed by atoms with Gasteiger partial charge in [0.05, 0.1) is 14.2 Å². The summed E-state index contributed by atoms with van der Waals surface area (Å²) in [7, 11) is 3.23. The van der Waals surface area contributed by atoms with Gasteiger partial charge in [0, 0.05) is 12.0 Å². The number of hydrogen-bond acceptors (Lipinski definition) is 3. The number of hydrogen-bond donors (Lipinski definition) is 0. The molecule has 1 aliphatic carbocycles. The number of ether oxygens (including phenoxy) is 2. The number of carbonyl (C=O) groups is 1. The molecule has 0 radical (unpaired) electrons. The lowest BCUT2D eigenvalue weighted by atomic mass is 9.98. The molecule has 1 aromatic rings. The smallest absolute Gasteiger partial charge is 0.163 e. The summed E-state index contributed by atoms with van der Waals surface area (Å²) in [5, 5.41) is 0. The molecular weight excluding hydrogens is 252 g/mol. The number of allylic oxidation sites excluding steroid dienone is 2. The van der Waals surface area contributed by atoms with Crippen molar-refractivity contribution >= 4 is 11.4 Å². The second kappa shape index (κ2) is 6.60. The van der Waals surface area contributed by atoms with E-state index in [0.29, 0.717) is 17.9 Å². The minimum atomic E-state index is 0.253. The Bertz CT molecular complexity index is 529. The second-order valence-corrected chi connectivity index (χ2v) is 5.08. The van der Waals surface area contributed by atoms with E-state index in [2.05, 4.69) is 6.92 Å². The molecule has 0 saturated heterocycles. The lowest BCUT2D eigenvalue weighted by molar-refractivity contribution is -0.113. The molecule has 3 heteroatoms. The first-order valence-corrected chi connectivity index (χ1v) is 7.18. The number of rotatable bonds is 6. The third kappa shape index (κ3) is 2.87. The first-order valence-electron chi connectivity index (χ1n) is 7.18. The maximum Gasteiger partial charge on any atom is 0.163 e. The van der Waals surface area contributed by atoms with Gasteiger partial charge in [0.2, 0.25) is 0 Å². The minimum absolute atomic E-state index is 0.253. The fourth-order valence-corrected chi connectivity index (χ4v) is 2.71. The van der Waals surface area contributed by atoms with E-state index in [4.69, 9.17) is 9.47 Å². The molecule has 0 amide bonds. The van der Waals surface area contributed by atoms with Gasteiger partial charge in [-0.2, -0.15) is 0 Å². The first kappa shape index (κ1) is 14.6. The summed E-state index contributed by atoms with van der Waals surface area (Å²) in [4.78, 5) is 12.2. The molecule has 3 nitrogen and oxygen atoms in total. The summed E-state index contributed by atoms with van der Waals surface area (Å²) in [6.45, 7) is 2.17. The van der Waals surface area contributed by atoms with Crippen molar-refractivity contribution in [1.29, 1.82) is 0 Å². The van der Waals surface area contributed by atoms with Crippen LogP contribution in [0.2, 0.25) is 0 Å². The molecule has 1 aromatic carbocycles. The van der Waals surface area contributed by atoms with E-state index in [0.717, 1.165) is 36.8 Å². The number of carbonyl (C=O) groups excluding carboxylic acids is 1. The molecule has 0 fully saturated rings. The molecule has 0 spiro atoms. The number of benzene rings is 1. The average molecular weight is 274 g/mol. The van der Waals surface area contributed by atoms with Crippen LogP contribution in [0, 0.1) is 0 Å². The summed E-state index contributed by atoms with van der Waals surface area (Å²) in [6, 6.07) is 5.72. The topological polar surface area (TPSA) is 35.5 Å². The predicted molar refractivity (Wildman–Crippen MR) is 80.2 cm³/mol. The van der Waals surface area contributed by atoms with Gasteiger partial charge >= 0.3 is 0 Å². The Kier molecular flexibility index (Phi) is 4.83. The number of Topliss-reactive ketones (excluding diaryl/α,β-unsaturated/α-hetero) is 1. The van der Waals surface area contributed by atoms with Gasteiger partial charge in [-0.3, -0.25) is 4.79 Å². The highest BCUT2D eigenvalue weighted by Crippen LogP contribution is 2.37. The van der Waals surface area contributed by atoms with Crippen molar-refractivity contribution in [3.63, 3.8) is 0 Å². The molecule has 0 bridgehead atoms. The highest BCUT2D eigenvalue weighted by Gasteiger charge is 2.24. The van der Waals surface area contributed by atoms with Crippen molar-refractivity contribution in [1.82, 2.24) is 0 Å². The molecule has 1 aliphatic rings. The maximum absolute atomic E-state index is 12.2. The van der Waals surface area contributed by atoms with E-state index in [9.17, 15) is 4.79 Å². The quantitative estimate of drug-likeness (QED) is 0.786. The van der Waals surface area contributed by atoms with Crippen LogP contribution in [0.1, 0.15) is 44.6 Å². The molecule has 20 heavy (non-hydrogen) atoms. The Morgan fingerprint density at radius 2 is 1.85 bits per heavy atom. The van der Waals surface area contributed by atoms with Gasteiger partial charge < -0.3 is 9.47 Å². The maximum atomic E-state index is 12.2. The van der Waals surface area contributed by atoms with Crippen LogP contribution in [-0.4, -0.2) is 20.0 Å². The molecule has 0 aromatic heterocycles. The van der Waals surface area contributed by atoms with Gasteiger partial charge in [-0.1, -0.05) is 25.0 Å². The largest absolute Gasteiger partial charge is 0.493 e. The Morgan fingerprint density at radius 3 is 2.50 bits per heavy atom. The van der Waals surface area contributed by atoms with Crippen molar-refractivity contribution < 1.29 is 14.3 Å². The van der Waals surface area contributed by atoms with Crippen LogP contribution in [0.15, 0.2) is 23.8 Å². The normalized spacial score (nSPS) is 14.8. The first-order chi connectivity index (χ1) is 9.71. The lowest BCUT2D eigenvalue weighted by Crippen LogP contribution is -1.98. The Labute approximate surface area is 120 Å². The summed E-state index contributed by atoms with van der Waals surface area (Å²) in [5.41, 5.74) is 3.15. The van der Waals surface area contributed by atoms with E-state index >= 15 is 0 Å². The molecule has 0 atom stereocenters. The van der Waals surface area contributed by atoms with Crippen molar-refractivity contribution in [3.05, 3.63) is 29.3 Å². The summed E-state index contributed by atoms with van der Waals surface area (Å²) >= 11 is 0. The van der Waals surface area contributed by atoms with Gasteiger partial charge in [-0.25, -0.2) is 0 Å². The van der Waals surface area contributed by atoms with Crippen molar-refractivity contribution in [2.24, 2.45) is 0 Å². The van der Waals surface area contributed by atoms with Crippen molar-refractivity contribution in [3.8, 4) is 11.5 Å². The summed E-state index contributed by atoms with van der Waals surface area (Å²) in [6.07, 6.45) is 4.85. The predicted octanol–water partition coefficient (Wildman–Crippen LogP) is 4.01. The molecule has 0 N–H and O–H groups in total. The van der Waals surface area contributed by atoms with Crippen LogP contribution in [0.5, 0.6) is 11.5 Å². The molecule has 108 valence electrons. The van der Waals surface area contributed by atoms with Crippen molar-refractivity contribution in [2.45, 2.75) is 39.0 Å². The van der Waals surface area contributed by atoms with Crippen LogP contribution < -0.4 is 9.47 Å². The standard InChI is InChI=1S/C17H22O3/c1-4-5-6-12-7-9-14(18)17(12)13-8-10-15(19-2)16(11-13)20-3/h8,10-11H,4-7,9H2,1-3H3. The molecule has 0 unspecified atom stereocenters. The third-order valence-electron chi connectivity index (χ3n) is 3.79. The average Bonchev–Trinajstić information content (AvgIpc) is 2.85. The zero-order valence-corrected chi connectivity index (χ0v) is 12.5. The fourth-order valence-electron chi connectivity index (χ4n) is 2.71. The van der Waals surface area contributed by atoms with E-state index in [-0.39, 0.29) is 5.78 Å². The fraction of sp³-hybridized carbons (Fsp3) is 0.471. The molecule has 0 heterocycles. The SMILES string of the molecule is CCCCC1=C(c2ccc(OC)c(OC)c2)C(=O)CC1. The summed E-state index contributed by atoms with van der Waals surface area (Å²) < 4.78 is 10.6. The lowest BCUT2D eigenvalue weighted by Gasteiger charge is -2.11. The molecule has 0 aliphatic heterocycles. The number of unbranched alkanes of at least 4 members (excludes halogenated alkanes) is 1. The minimum Gasteiger partial charge on any atom is -0.493 e. The molecular formula is C17H22O3. The Balaban J connectivity index is 2.39. The Morgan fingerprint density at radius 1 is 1.10 bits per heavy atom. The third-order valence-corrected chi connectivity index (χ3v) is 3.79. The van der Waals surface area contributed by atoms with Crippen LogP contribution in [0.4, 0.5) is 0 Å². The molecule has 2 rings (SSSR count). The number of ketones is 1. The van der Waals surface area contributed by atoms with E-state index in [1.165, 1.54) is 5.57 Å². The number of methoxy groups -OCH3 is 2. The molecule has 0 saturated carbocycles. The highest BCUT2D eigenvalue weighted by molar-refractivity contribution is 6.23. The monoisotopic (exact) mass is 274 g/mol.